The maximum Gasteiger partial charge on any atom is 0.573 e. The summed E-state index contributed by atoms with van der Waals surface area (Å²) in [6.45, 7) is -0.248. The summed E-state index contributed by atoms with van der Waals surface area (Å²) >= 11 is 0. The number of nitrogens with one attached hydrogen (secondary N) is 1. The molecule has 0 saturated carbocycles. The predicted molar refractivity (Wildman–Crippen MR) is 123 cm³/mol. The Bertz CT molecular complexity index is 1330. The molecule has 1 aromatic heterocycles. The van der Waals surface area contributed by atoms with Crippen LogP contribution in [-0.2, 0) is 4.79 Å². The lowest BCUT2D eigenvalue weighted by atomic mass is 9.92. The lowest BCUT2D eigenvalue weighted by molar-refractivity contribution is -0.274. The van der Waals surface area contributed by atoms with Crippen LogP contribution in [0.25, 0.3) is 0 Å². The fraction of sp³-hybridized carbons (Fsp3) is 0.240. The first kappa shape index (κ1) is 26.6. The standard InChI is InChI=1S/C25H20F5N3O5/c1-36-15-7-8-31-20(11-15)33-12-17(21-18(26)9-16(37-2)10-19(21)27)22(24(33)35)32-23(34)13-3-5-14(6-4-13)38-25(28,29)30/h3-11,17,22H,12H2,1-2H3,(H,32,34)/t17-,22-/m0/s1. The Morgan fingerprint density at radius 3 is 2.18 bits per heavy atom. The number of ether oxygens (including phenoxy) is 3. The van der Waals surface area contributed by atoms with Gasteiger partial charge in [0.25, 0.3) is 11.8 Å². The molecule has 2 aromatic carbocycles. The Hall–Kier alpha value is -4.42. The summed E-state index contributed by atoms with van der Waals surface area (Å²) in [6.07, 6.45) is -3.54. The molecule has 1 fully saturated rings. The number of methoxy groups -OCH3 is 2. The van der Waals surface area contributed by atoms with Crippen molar-refractivity contribution in [1.29, 1.82) is 0 Å². The molecular weight excluding hydrogens is 517 g/mol. The summed E-state index contributed by atoms with van der Waals surface area (Å²) in [5, 5.41) is 2.46. The van der Waals surface area contributed by atoms with E-state index in [9.17, 15) is 22.8 Å². The van der Waals surface area contributed by atoms with Crippen molar-refractivity contribution in [2.24, 2.45) is 0 Å². The van der Waals surface area contributed by atoms with E-state index in [2.05, 4.69) is 15.0 Å². The summed E-state index contributed by atoms with van der Waals surface area (Å²) in [5.74, 6) is -4.90. The summed E-state index contributed by atoms with van der Waals surface area (Å²) in [6, 6.07) is 7.40. The molecule has 1 aliphatic heterocycles. The number of halogens is 5. The Morgan fingerprint density at radius 2 is 1.61 bits per heavy atom. The van der Waals surface area contributed by atoms with E-state index < -0.39 is 53.1 Å². The molecule has 2 atom stereocenters. The van der Waals surface area contributed by atoms with Crippen LogP contribution in [0.4, 0.5) is 27.8 Å². The first-order valence-corrected chi connectivity index (χ1v) is 11.0. The van der Waals surface area contributed by atoms with Gasteiger partial charge in [-0.25, -0.2) is 13.8 Å². The molecule has 1 aliphatic rings. The number of nitrogens with zero attached hydrogens (tertiary/aromatic N) is 2. The average Bonchev–Trinajstić information content (AvgIpc) is 3.18. The van der Waals surface area contributed by atoms with E-state index in [0.717, 1.165) is 41.3 Å². The third-order valence-electron chi connectivity index (χ3n) is 5.84. The van der Waals surface area contributed by atoms with Gasteiger partial charge in [0.15, 0.2) is 0 Å². The number of rotatable bonds is 7. The van der Waals surface area contributed by atoms with E-state index >= 15 is 8.78 Å². The number of hydrogen-bond donors (Lipinski definition) is 1. The minimum atomic E-state index is -4.92. The fourth-order valence-electron chi connectivity index (χ4n) is 4.10. The van der Waals surface area contributed by atoms with Gasteiger partial charge >= 0.3 is 6.36 Å². The molecule has 0 radical (unpaired) electrons. The Labute approximate surface area is 212 Å². The van der Waals surface area contributed by atoms with Gasteiger partial charge in [-0.15, -0.1) is 13.2 Å². The van der Waals surface area contributed by atoms with Crippen LogP contribution in [-0.4, -0.2) is 50.0 Å². The molecule has 200 valence electrons. The molecule has 8 nitrogen and oxygen atoms in total. The van der Waals surface area contributed by atoms with Gasteiger partial charge in [-0.3, -0.25) is 14.5 Å². The van der Waals surface area contributed by atoms with E-state index in [1.807, 2.05) is 0 Å². The van der Waals surface area contributed by atoms with Crippen molar-refractivity contribution in [1.82, 2.24) is 10.3 Å². The van der Waals surface area contributed by atoms with Gasteiger partial charge in [-0.2, -0.15) is 0 Å². The Morgan fingerprint density at radius 1 is 0.974 bits per heavy atom. The van der Waals surface area contributed by atoms with Gasteiger partial charge in [-0.05, 0) is 30.3 Å². The molecule has 2 amide bonds. The molecule has 2 heterocycles. The maximum atomic E-state index is 15.0. The van der Waals surface area contributed by atoms with Crippen LogP contribution in [0.1, 0.15) is 21.8 Å². The zero-order valence-corrected chi connectivity index (χ0v) is 19.9. The number of amides is 2. The largest absolute Gasteiger partial charge is 0.573 e. The number of carbonyl (C=O) groups excluding carboxylic acids is 2. The molecule has 4 rings (SSSR count). The highest BCUT2D eigenvalue weighted by Gasteiger charge is 2.45. The van der Waals surface area contributed by atoms with Crippen molar-refractivity contribution in [3.8, 4) is 17.2 Å². The van der Waals surface area contributed by atoms with Crippen molar-refractivity contribution in [2.45, 2.75) is 18.3 Å². The number of alkyl halides is 3. The second-order valence-electron chi connectivity index (χ2n) is 8.14. The normalized spacial score (nSPS) is 17.3. The number of hydrogen-bond acceptors (Lipinski definition) is 6. The van der Waals surface area contributed by atoms with Crippen molar-refractivity contribution >= 4 is 17.6 Å². The van der Waals surface area contributed by atoms with E-state index in [0.29, 0.717) is 5.75 Å². The number of aromatic nitrogens is 1. The molecular formula is C25H20F5N3O5. The van der Waals surface area contributed by atoms with E-state index in [1.54, 1.807) is 0 Å². The maximum absolute atomic E-state index is 15.0. The topological polar surface area (TPSA) is 90.0 Å². The van der Waals surface area contributed by atoms with Gasteiger partial charge in [0.1, 0.15) is 40.7 Å². The third-order valence-corrected chi connectivity index (χ3v) is 5.84. The van der Waals surface area contributed by atoms with Gasteiger partial charge in [0.2, 0.25) is 0 Å². The van der Waals surface area contributed by atoms with E-state index in [1.165, 1.54) is 32.5 Å². The first-order chi connectivity index (χ1) is 18.0. The van der Waals surface area contributed by atoms with Crippen molar-refractivity contribution < 1.29 is 45.8 Å². The summed E-state index contributed by atoms with van der Waals surface area (Å²) in [4.78, 5) is 31.7. The molecule has 0 bridgehead atoms. The van der Waals surface area contributed by atoms with Crippen LogP contribution in [0.3, 0.4) is 0 Å². The SMILES string of the molecule is COc1ccnc(N2C[C@@H](c3c(F)cc(OC)cc3F)[C@H](NC(=O)c3ccc(OC(F)(F)F)cc3)C2=O)c1. The lowest BCUT2D eigenvalue weighted by Gasteiger charge is -2.20. The number of benzene rings is 2. The highest BCUT2D eigenvalue weighted by atomic mass is 19.4. The third kappa shape index (κ3) is 5.61. The van der Waals surface area contributed by atoms with Gasteiger partial charge in [0.05, 0.1) is 14.2 Å². The van der Waals surface area contributed by atoms with Crippen molar-refractivity contribution in [3.05, 3.63) is 77.5 Å². The number of carbonyl (C=O) groups is 2. The second kappa shape index (κ2) is 10.5. The molecule has 38 heavy (non-hydrogen) atoms. The lowest BCUT2D eigenvalue weighted by Crippen LogP contribution is -2.44. The number of anilines is 1. The molecule has 13 heteroatoms. The minimum absolute atomic E-state index is 0.0823. The predicted octanol–water partition coefficient (Wildman–Crippen LogP) is 4.20. The van der Waals surface area contributed by atoms with E-state index in [4.69, 9.17) is 9.47 Å². The summed E-state index contributed by atoms with van der Waals surface area (Å²) in [7, 11) is 2.64. The molecule has 0 spiro atoms. The van der Waals surface area contributed by atoms with Gasteiger partial charge in [0, 0.05) is 48.0 Å². The smallest absolute Gasteiger partial charge is 0.497 e. The minimum Gasteiger partial charge on any atom is -0.497 e. The van der Waals surface area contributed by atoms with Crippen LogP contribution in [0.15, 0.2) is 54.7 Å². The second-order valence-corrected chi connectivity index (χ2v) is 8.14. The monoisotopic (exact) mass is 537 g/mol. The summed E-state index contributed by atoms with van der Waals surface area (Å²) < 4.78 is 81.2. The molecule has 1 saturated heterocycles. The Balaban J connectivity index is 1.67. The Kier molecular flexibility index (Phi) is 7.37. The molecule has 0 aliphatic carbocycles. The van der Waals surface area contributed by atoms with Crippen LogP contribution in [0, 0.1) is 11.6 Å². The average molecular weight is 537 g/mol. The van der Waals surface area contributed by atoms with Crippen molar-refractivity contribution in [3.63, 3.8) is 0 Å². The molecule has 1 N–H and O–H groups in total. The highest BCUT2D eigenvalue weighted by Crippen LogP contribution is 2.36. The van der Waals surface area contributed by atoms with E-state index in [-0.39, 0.29) is 23.7 Å². The zero-order valence-electron chi connectivity index (χ0n) is 19.9. The van der Waals surface area contributed by atoms with Crippen LogP contribution < -0.4 is 24.4 Å². The van der Waals surface area contributed by atoms with Crippen LogP contribution in [0.5, 0.6) is 17.2 Å². The summed E-state index contributed by atoms with van der Waals surface area (Å²) in [5.41, 5.74) is -0.566. The first-order valence-electron chi connectivity index (χ1n) is 11.0. The van der Waals surface area contributed by atoms with Gasteiger partial charge < -0.3 is 19.5 Å². The molecule has 0 unspecified atom stereocenters. The molecule has 3 aromatic rings. The van der Waals surface area contributed by atoms with Crippen LogP contribution in [0.2, 0.25) is 0 Å². The number of pyridine rings is 1. The van der Waals surface area contributed by atoms with Crippen molar-refractivity contribution in [2.75, 3.05) is 25.7 Å². The fourth-order valence-corrected chi connectivity index (χ4v) is 4.10. The quantitative estimate of drug-likeness (QED) is 0.455. The zero-order chi connectivity index (χ0) is 27.6. The highest BCUT2D eigenvalue weighted by molar-refractivity contribution is 6.04. The van der Waals surface area contributed by atoms with Crippen LogP contribution >= 0.6 is 0 Å². The van der Waals surface area contributed by atoms with Gasteiger partial charge in [-0.1, -0.05) is 0 Å².